The lowest BCUT2D eigenvalue weighted by Crippen LogP contribution is -2.23. The Bertz CT molecular complexity index is 707. The fraction of sp³-hybridized carbons (Fsp3) is 0.455. The molecule has 1 aliphatic rings. The molecule has 2 atom stereocenters. The summed E-state index contributed by atoms with van der Waals surface area (Å²) in [5, 5.41) is 0. The van der Waals surface area contributed by atoms with Crippen LogP contribution in [0.15, 0.2) is 36.4 Å². The lowest BCUT2D eigenvalue weighted by atomic mass is 9.74. The SMILES string of the molecule is CCc1ccc(C2CCC(N)c3c(CCSC)cccc32)cc1C. The second-order valence-electron chi connectivity index (χ2n) is 6.94. The zero-order valence-corrected chi connectivity index (χ0v) is 16.0. The number of nitrogens with two attached hydrogens (primary N) is 1. The molecule has 24 heavy (non-hydrogen) atoms. The van der Waals surface area contributed by atoms with E-state index in [4.69, 9.17) is 5.73 Å². The van der Waals surface area contributed by atoms with Crippen LogP contribution in [0.2, 0.25) is 0 Å². The Morgan fingerprint density at radius 2 is 1.96 bits per heavy atom. The van der Waals surface area contributed by atoms with Crippen LogP contribution in [0, 0.1) is 6.92 Å². The highest BCUT2D eigenvalue weighted by Gasteiger charge is 2.28. The summed E-state index contributed by atoms with van der Waals surface area (Å²) < 4.78 is 0. The van der Waals surface area contributed by atoms with Gasteiger partial charge in [0.25, 0.3) is 0 Å². The van der Waals surface area contributed by atoms with Crippen molar-refractivity contribution in [3.63, 3.8) is 0 Å². The average Bonchev–Trinajstić information content (AvgIpc) is 2.60. The zero-order chi connectivity index (χ0) is 17.1. The van der Waals surface area contributed by atoms with Crippen LogP contribution in [0.1, 0.15) is 65.1 Å². The van der Waals surface area contributed by atoms with Gasteiger partial charge < -0.3 is 5.73 Å². The number of fused-ring (bicyclic) bond motifs is 1. The smallest absolute Gasteiger partial charge is 0.0300 e. The van der Waals surface area contributed by atoms with Crippen molar-refractivity contribution in [3.8, 4) is 0 Å². The van der Waals surface area contributed by atoms with Crippen LogP contribution >= 0.6 is 11.8 Å². The third kappa shape index (κ3) is 3.41. The molecule has 0 saturated heterocycles. The Morgan fingerprint density at radius 3 is 2.67 bits per heavy atom. The van der Waals surface area contributed by atoms with Gasteiger partial charge in [-0.2, -0.15) is 11.8 Å². The Kier molecular flexibility index (Phi) is 5.68. The molecule has 1 aliphatic carbocycles. The van der Waals surface area contributed by atoms with E-state index in [-0.39, 0.29) is 6.04 Å². The lowest BCUT2D eigenvalue weighted by Gasteiger charge is -2.32. The summed E-state index contributed by atoms with van der Waals surface area (Å²) >= 11 is 1.91. The Morgan fingerprint density at radius 1 is 1.12 bits per heavy atom. The van der Waals surface area contributed by atoms with E-state index in [2.05, 4.69) is 56.5 Å². The Hall–Kier alpha value is -1.25. The number of hydrogen-bond acceptors (Lipinski definition) is 2. The highest BCUT2D eigenvalue weighted by atomic mass is 32.2. The standard InChI is InChI=1S/C22H29NS/c1-4-16-8-9-18(14-15(16)2)19-10-11-21(23)22-17(12-13-24-3)6-5-7-20(19)22/h5-9,14,19,21H,4,10-13,23H2,1-3H3. The predicted molar refractivity (Wildman–Crippen MR) is 107 cm³/mol. The van der Waals surface area contributed by atoms with E-state index in [1.165, 1.54) is 33.4 Å². The molecule has 2 aromatic carbocycles. The van der Waals surface area contributed by atoms with Gasteiger partial charge in [0.15, 0.2) is 0 Å². The topological polar surface area (TPSA) is 26.0 Å². The van der Waals surface area contributed by atoms with E-state index in [1.807, 2.05) is 11.8 Å². The van der Waals surface area contributed by atoms with Crippen molar-refractivity contribution >= 4 is 11.8 Å². The fourth-order valence-electron chi connectivity index (χ4n) is 4.14. The molecule has 1 nitrogen and oxygen atoms in total. The molecule has 2 N–H and O–H groups in total. The summed E-state index contributed by atoms with van der Waals surface area (Å²) in [5.74, 6) is 1.66. The number of benzene rings is 2. The molecular formula is C22H29NS. The van der Waals surface area contributed by atoms with Crippen molar-refractivity contribution in [2.24, 2.45) is 5.73 Å². The summed E-state index contributed by atoms with van der Waals surface area (Å²) in [6.07, 6.45) is 6.65. The number of thioether (sulfide) groups is 1. The van der Waals surface area contributed by atoms with Crippen LogP contribution in [0.3, 0.4) is 0 Å². The first-order valence-electron chi connectivity index (χ1n) is 9.11. The van der Waals surface area contributed by atoms with Gasteiger partial charge in [-0.05, 0) is 78.0 Å². The molecule has 0 bridgehead atoms. The minimum Gasteiger partial charge on any atom is -0.324 e. The minimum atomic E-state index is 0.199. The van der Waals surface area contributed by atoms with E-state index < -0.39 is 0 Å². The van der Waals surface area contributed by atoms with Gasteiger partial charge in [0.2, 0.25) is 0 Å². The molecule has 128 valence electrons. The fourth-order valence-corrected chi connectivity index (χ4v) is 4.57. The molecule has 3 rings (SSSR count). The van der Waals surface area contributed by atoms with Crippen LogP contribution in [0.5, 0.6) is 0 Å². The minimum absolute atomic E-state index is 0.199. The summed E-state index contributed by atoms with van der Waals surface area (Å²) in [5.41, 5.74) is 15.2. The zero-order valence-electron chi connectivity index (χ0n) is 15.1. The van der Waals surface area contributed by atoms with Crippen LogP contribution in [0.25, 0.3) is 0 Å². The maximum absolute atomic E-state index is 6.53. The first-order chi connectivity index (χ1) is 11.7. The van der Waals surface area contributed by atoms with Gasteiger partial charge in [0.1, 0.15) is 0 Å². The lowest BCUT2D eigenvalue weighted by molar-refractivity contribution is 0.526. The van der Waals surface area contributed by atoms with Crippen molar-refractivity contribution in [1.82, 2.24) is 0 Å². The van der Waals surface area contributed by atoms with Gasteiger partial charge in [-0.3, -0.25) is 0 Å². The van der Waals surface area contributed by atoms with Crippen molar-refractivity contribution in [2.75, 3.05) is 12.0 Å². The van der Waals surface area contributed by atoms with Crippen LogP contribution in [0.4, 0.5) is 0 Å². The van der Waals surface area contributed by atoms with E-state index in [1.54, 1.807) is 0 Å². The highest BCUT2D eigenvalue weighted by molar-refractivity contribution is 7.98. The van der Waals surface area contributed by atoms with Gasteiger partial charge >= 0.3 is 0 Å². The van der Waals surface area contributed by atoms with Crippen molar-refractivity contribution < 1.29 is 0 Å². The number of rotatable bonds is 5. The second kappa shape index (κ2) is 7.76. The first-order valence-corrected chi connectivity index (χ1v) is 10.5. The molecule has 0 radical (unpaired) electrons. The van der Waals surface area contributed by atoms with Crippen LogP contribution in [-0.4, -0.2) is 12.0 Å². The van der Waals surface area contributed by atoms with Crippen molar-refractivity contribution in [1.29, 1.82) is 0 Å². The molecule has 2 aromatic rings. The predicted octanol–water partition coefficient (Wildman–Crippen LogP) is 5.39. The molecule has 0 aromatic heterocycles. The van der Waals surface area contributed by atoms with Crippen LogP contribution < -0.4 is 5.73 Å². The Labute approximate surface area is 151 Å². The van der Waals surface area contributed by atoms with Gasteiger partial charge in [-0.25, -0.2) is 0 Å². The first kappa shape index (κ1) is 17.6. The van der Waals surface area contributed by atoms with E-state index in [9.17, 15) is 0 Å². The van der Waals surface area contributed by atoms with Crippen LogP contribution in [-0.2, 0) is 12.8 Å². The van der Waals surface area contributed by atoms with Gasteiger partial charge in [0, 0.05) is 12.0 Å². The second-order valence-corrected chi connectivity index (χ2v) is 7.92. The maximum Gasteiger partial charge on any atom is 0.0300 e. The maximum atomic E-state index is 6.53. The molecule has 0 aliphatic heterocycles. The summed E-state index contributed by atoms with van der Waals surface area (Å²) in [6, 6.07) is 14.1. The van der Waals surface area contributed by atoms with E-state index in [0.717, 1.165) is 31.4 Å². The molecule has 2 heteroatoms. The Balaban J connectivity index is 2.01. The summed E-state index contributed by atoms with van der Waals surface area (Å²) in [7, 11) is 0. The van der Waals surface area contributed by atoms with Gasteiger partial charge in [-0.15, -0.1) is 0 Å². The highest BCUT2D eigenvalue weighted by Crippen LogP contribution is 2.42. The number of hydrogen-bond donors (Lipinski definition) is 1. The largest absolute Gasteiger partial charge is 0.324 e. The quantitative estimate of drug-likeness (QED) is 0.790. The number of aryl methyl sites for hydroxylation is 3. The molecule has 0 heterocycles. The third-order valence-corrected chi connectivity index (χ3v) is 6.08. The molecule has 0 amide bonds. The average molecular weight is 340 g/mol. The van der Waals surface area contributed by atoms with E-state index >= 15 is 0 Å². The molecule has 0 saturated carbocycles. The molecular weight excluding hydrogens is 310 g/mol. The summed E-state index contributed by atoms with van der Waals surface area (Å²) in [4.78, 5) is 0. The van der Waals surface area contributed by atoms with Gasteiger partial charge in [0.05, 0.1) is 0 Å². The van der Waals surface area contributed by atoms with E-state index in [0.29, 0.717) is 5.92 Å². The summed E-state index contributed by atoms with van der Waals surface area (Å²) in [6.45, 7) is 4.47. The molecule has 0 spiro atoms. The van der Waals surface area contributed by atoms with Crippen molar-refractivity contribution in [2.45, 2.75) is 51.5 Å². The monoisotopic (exact) mass is 339 g/mol. The van der Waals surface area contributed by atoms with Crippen molar-refractivity contribution in [3.05, 3.63) is 69.8 Å². The normalized spacial score (nSPS) is 20.0. The molecule has 0 fully saturated rings. The third-order valence-electron chi connectivity index (χ3n) is 5.47. The van der Waals surface area contributed by atoms with Gasteiger partial charge in [-0.1, -0.05) is 43.3 Å². The molecule has 2 unspecified atom stereocenters.